The fraction of sp³-hybridized carbons (Fsp3) is 0.684. The molecule has 0 bridgehead atoms. The highest BCUT2D eigenvalue weighted by Gasteiger charge is 2.47. The molecule has 24 heteroatoms. The van der Waals surface area contributed by atoms with Crippen LogP contribution in [0.15, 0.2) is 72.8 Å². The van der Waals surface area contributed by atoms with Crippen molar-refractivity contribution in [2.24, 2.45) is 70.9 Å². The molecule has 12 aliphatic rings. The fourth-order valence-corrected chi connectivity index (χ4v) is 18.2. The summed E-state index contributed by atoms with van der Waals surface area (Å²) in [5, 5.41) is 65.9. The average Bonchev–Trinajstić information content (AvgIpc) is 0.642. The van der Waals surface area contributed by atoms with Gasteiger partial charge in [0.05, 0.1) is 137 Å². The third-order valence-electron chi connectivity index (χ3n) is 24.8. The van der Waals surface area contributed by atoms with E-state index in [4.69, 9.17) is 146 Å². The maximum Gasteiger partial charge on any atom is 0.161 e. The zero-order valence-electron chi connectivity index (χ0n) is 146. The van der Waals surface area contributed by atoms with Crippen LogP contribution < -0.4 is 56.8 Å². The van der Waals surface area contributed by atoms with Gasteiger partial charge >= 0.3 is 0 Å². The summed E-state index contributed by atoms with van der Waals surface area (Å²) in [6.07, 6.45) is -41.7. The van der Waals surface area contributed by atoms with Crippen molar-refractivity contribution in [2.75, 3.05) is 163 Å². The molecule has 0 aromatic heterocycles. The normalized spacial score (nSPS) is 44.8. The summed E-state index contributed by atoms with van der Waals surface area (Å²) in [5.41, 5.74) is -0.988. The number of rotatable bonds is 24. The van der Waals surface area contributed by atoms with Gasteiger partial charge in [0, 0.05) is 190 Å². The molecule has 0 radical (unpaired) electrons. The maximum atomic E-state index is 11.4. The number of hydrogen-bond acceptors (Lipinski definition) is 24. The van der Waals surface area contributed by atoms with Gasteiger partial charge in [-0.1, -0.05) is 82.9 Å². The Morgan fingerprint density at radius 2 is 0.529 bits per heavy atom. The predicted octanol–water partition coefficient (Wildman–Crippen LogP) is 18.2. The molecule has 21 atom stereocenters. The molecule has 6 N–H and O–H groups in total. The van der Waals surface area contributed by atoms with Crippen LogP contribution in [0.3, 0.4) is 0 Å². The molecule has 6 aromatic carbocycles. The standard InChI is InChI=1S/6C19H29NO3/c6*1-12(2)7-14-11-20-6-5-13-8-18(22-3)19(23-4)9-15(13)16(20)10-17(14)21/h6*8-9,12,14,16-17,21H,5-7,10-11H2,1-4H3/i1D3,4D3,5D2,6D2,7D2,10D2,12D,14D,16D,17D;1D3,4D3,5D2,6D2,7D2,11D2,12D;1D3,5D2,6D2,7D2,11D2,12D;4D3,5D2,6D2,11D2;2*5D2,6D2,11D2. The van der Waals surface area contributed by atoms with Gasteiger partial charge < -0.3 is 87.5 Å². The second-order valence-electron chi connectivity index (χ2n) is 35.8. The van der Waals surface area contributed by atoms with Gasteiger partial charge in [-0.2, -0.15) is 0 Å². The SMILES string of the molecule is [2H]C([2H])([2H])Oc1cc2c(cc1OC)C([2H])([2H])C([2H])([2H])N1C2CC(O)C(C([2H])([2H])C([2H])(C)C([2H])([2H])[2H])C1([2H])[2H].[2H]C([2H])([2H])Oc1cc2c(cc1OC)C([2H])([2H])C([2H])([2H])N1C2CC(O)C(CC(C)C)C1([2H])[2H].[2H]C([2H])([2H])Oc1cc2c(cc1OC)C([2H])([2H])C([2H])([2H])N1CC([2H])(C([2H])([2H])C([2H])(C)C([2H])([2H])[2H])C([2H])(O)C([2H])([2H])C21[2H].[2H]C1([2H])C(C([2H])([2H])C([2H])(C)C([2H])([2H])[2H])C(O)CC2c3cc(OC)c(OC)cc3C([2H])([2H])C([2H])([2H])N21.[2H]C1([2H])C(CC(C)C)C(O)CC2c3cc(OC)c(OC)cc3C([2H])([2H])C([2H])([2H])N21.[2H]C1([2H])C(CC(C)C)C(O)CC2c3cc(OC)c(OC)cc3C([2H])([2H])C([2H])([2H])N21. The summed E-state index contributed by atoms with van der Waals surface area (Å²) >= 11 is 0. The van der Waals surface area contributed by atoms with Crippen LogP contribution in [0.25, 0.3) is 0 Å². The lowest BCUT2D eigenvalue weighted by molar-refractivity contribution is -0.0192. The highest BCUT2D eigenvalue weighted by Crippen LogP contribution is 2.52. The van der Waals surface area contributed by atoms with Gasteiger partial charge in [-0.3, -0.25) is 29.4 Å². The van der Waals surface area contributed by atoms with Crippen molar-refractivity contribution >= 4 is 0 Å². The summed E-state index contributed by atoms with van der Waals surface area (Å²) in [5.74, 6) is -20.1. The Balaban J connectivity index is 0.000000197. The predicted molar refractivity (Wildman–Crippen MR) is 547 cm³/mol. The Labute approximate surface area is 920 Å². The number of fused-ring (bicyclic) bond motifs is 18. The van der Waals surface area contributed by atoms with Crippen LogP contribution in [-0.2, 0) is 38.2 Å². The molecule has 0 amide bonds. The number of ether oxygens (including phenoxy) is 12. The Morgan fingerprint density at radius 1 is 0.312 bits per heavy atom. The van der Waals surface area contributed by atoms with Gasteiger partial charge in [0.1, 0.15) is 0 Å². The summed E-state index contributed by atoms with van der Waals surface area (Å²) in [6.45, 7) is -29.1. The van der Waals surface area contributed by atoms with E-state index in [0.29, 0.717) is 64.7 Å². The lowest BCUT2D eigenvalue weighted by atomic mass is 9.79. The van der Waals surface area contributed by atoms with Gasteiger partial charge in [-0.15, -0.1) is 0 Å². The van der Waals surface area contributed by atoms with E-state index in [9.17, 15) is 32.0 Å². The number of methoxy groups -OCH3 is 12. The van der Waals surface area contributed by atoms with Crippen LogP contribution in [0.2, 0.25) is 0 Å². The Hall–Kier alpha value is -7.56. The molecule has 0 aliphatic carbocycles. The van der Waals surface area contributed by atoms with Crippen molar-refractivity contribution in [3.63, 3.8) is 0 Å². The molecule has 768 valence electrons. The average molecular weight is 1980 g/mol. The molecule has 0 spiro atoms. The van der Waals surface area contributed by atoms with Crippen LogP contribution in [0.5, 0.6) is 69.0 Å². The number of benzene rings is 6. The van der Waals surface area contributed by atoms with E-state index in [1.165, 1.54) is 86.2 Å². The molecule has 12 heterocycles. The van der Waals surface area contributed by atoms with Gasteiger partial charge in [-0.05, 0) is 326 Å². The molecule has 24 nitrogen and oxygen atoms in total. The molecule has 6 saturated heterocycles. The third-order valence-corrected chi connectivity index (χ3v) is 24.8. The molecule has 0 saturated carbocycles. The van der Waals surface area contributed by atoms with Crippen molar-refractivity contribution in [1.29, 1.82) is 0 Å². The monoisotopic (exact) mass is 1980 g/mol. The van der Waals surface area contributed by atoms with Crippen molar-refractivity contribution in [3.05, 3.63) is 140 Å². The number of hydrogen-bond donors (Lipinski definition) is 6. The molecule has 6 fully saturated rings. The van der Waals surface area contributed by atoms with E-state index in [1.807, 2.05) is 41.5 Å². The third kappa shape index (κ3) is 25.4. The van der Waals surface area contributed by atoms with Crippen molar-refractivity contribution in [2.45, 2.75) is 271 Å². The molecule has 21 unspecified atom stereocenters. The number of aliphatic hydroxyl groups excluding tert-OH is 5. The second kappa shape index (κ2) is 49.1. The molecule has 138 heavy (non-hydrogen) atoms. The minimum atomic E-state index is -4.10. The van der Waals surface area contributed by atoms with Crippen molar-refractivity contribution in [1.82, 2.24) is 29.4 Å². The summed E-state index contributed by atoms with van der Waals surface area (Å²) in [4.78, 5) is 3.84. The summed E-state index contributed by atoms with van der Waals surface area (Å²) < 4.78 is 612. The number of aliphatic hydroxyl groups is 6. The highest BCUT2D eigenvalue weighted by atomic mass is 16.5. The smallest absolute Gasteiger partial charge is 0.161 e. The van der Waals surface area contributed by atoms with E-state index in [0.717, 1.165) is 61.0 Å². The van der Waals surface area contributed by atoms with Gasteiger partial charge in [0.15, 0.2) is 69.0 Å². The first-order valence-electron chi connectivity index (χ1n) is 78.2. The highest BCUT2D eigenvalue weighted by molar-refractivity contribution is 5.55. The van der Waals surface area contributed by atoms with Crippen molar-refractivity contribution < 1.29 is 178 Å². The van der Waals surface area contributed by atoms with Gasteiger partial charge in [0.25, 0.3) is 0 Å². The maximum absolute atomic E-state index is 11.4. The molecule has 18 rings (SSSR count). The minimum absolute atomic E-state index is 0.0320. The van der Waals surface area contributed by atoms with Crippen LogP contribution in [-0.4, -0.2) is 260 Å². The van der Waals surface area contributed by atoms with E-state index in [-0.39, 0.29) is 132 Å². The largest absolute Gasteiger partial charge is 0.493 e. The molecule has 6 aromatic rings. The van der Waals surface area contributed by atoms with Crippen LogP contribution in [0.4, 0.5) is 0 Å². The van der Waals surface area contributed by atoms with Crippen LogP contribution in [0.1, 0.15) is 353 Å². The van der Waals surface area contributed by atoms with E-state index in [2.05, 4.69) is 0 Å². The van der Waals surface area contributed by atoms with Crippen LogP contribution in [0, 0.1) is 70.9 Å². The minimum Gasteiger partial charge on any atom is -0.493 e. The lowest BCUT2D eigenvalue weighted by Crippen LogP contribution is -2.48. The number of piperidine rings is 6. The zero-order valence-corrected chi connectivity index (χ0v) is 80.5. The first-order valence-corrected chi connectivity index (χ1v) is 45.2. The fourth-order valence-electron chi connectivity index (χ4n) is 18.2. The quantitative estimate of drug-likeness (QED) is 0.0329. The number of nitrogens with zero attached hydrogens (tertiary/aromatic N) is 6. The molecular formula is C114H174N6O18. The van der Waals surface area contributed by atoms with E-state index < -0.39 is 345 Å². The topological polar surface area (TPSA) is 252 Å². The molecule has 12 aliphatic heterocycles. The Bertz CT molecular complexity index is 7970. The lowest BCUT2D eigenvalue weighted by Gasteiger charge is -2.46. The number of aryl methyl sites for hydroxylation is 6. The Kier molecular flexibility index (Phi) is 17.9. The van der Waals surface area contributed by atoms with Crippen LogP contribution >= 0.6 is 0 Å². The first-order chi connectivity index (χ1) is 91.3. The van der Waals surface area contributed by atoms with Gasteiger partial charge in [0.2, 0.25) is 0 Å². The summed E-state index contributed by atoms with van der Waals surface area (Å²) in [7, 11) is 2.95. The zero-order chi connectivity index (χ0) is 158. The first kappa shape index (κ1) is 50.3. The summed E-state index contributed by atoms with van der Waals surface area (Å²) in [6, 6.07) is 5.80. The second-order valence-corrected chi connectivity index (χ2v) is 35.8. The Morgan fingerprint density at radius 3 is 0.775 bits per heavy atom. The van der Waals surface area contributed by atoms with E-state index in [1.54, 1.807) is 12.1 Å². The van der Waals surface area contributed by atoms with Gasteiger partial charge in [-0.25, -0.2) is 0 Å². The molecular weight excluding hydrogens is 1740 g/mol. The van der Waals surface area contributed by atoms with Crippen molar-refractivity contribution in [3.8, 4) is 69.0 Å². The van der Waals surface area contributed by atoms with E-state index >= 15 is 0 Å².